The number of hydrogen-bond donors (Lipinski definition) is 2. The van der Waals surface area contributed by atoms with Crippen LogP contribution in [0, 0.1) is 23.2 Å². The molecule has 3 nitrogen and oxygen atoms in total. The molecule has 0 heterocycles. The summed E-state index contributed by atoms with van der Waals surface area (Å²) in [6, 6.07) is 0. The molecule has 0 aromatic rings. The molecule has 4 aliphatic rings. The smallest absolute Gasteiger partial charge is 0.137 e. The standard InChI is InChI=1S/C21H30O3/c1-20-10-7-17-16-6-4-15(23)13-14(16)3-5-18(17)19(20)8-11-21(20,24)9-2-12-22/h2,9,17-19,22,24H,3-8,10-13H2,1H3/t17?,18?,19?,20-,21-/m0/s1. The van der Waals surface area contributed by atoms with E-state index in [-0.39, 0.29) is 12.0 Å². The van der Waals surface area contributed by atoms with Gasteiger partial charge in [-0.2, -0.15) is 0 Å². The van der Waals surface area contributed by atoms with Gasteiger partial charge in [-0.05, 0) is 62.7 Å². The highest BCUT2D eigenvalue weighted by atomic mass is 16.3. The van der Waals surface area contributed by atoms with E-state index in [1.807, 2.05) is 6.08 Å². The molecule has 132 valence electrons. The van der Waals surface area contributed by atoms with Crippen LogP contribution in [-0.2, 0) is 4.79 Å². The van der Waals surface area contributed by atoms with Gasteiger partial charge in [-0.1, -0.05) is 30.2 Å². The molecule has 24 heavy (non-hydrogen) atoms. The van der Waals surface area contributed by atoms with E-state index in [1.54, 1.807) is 11.6 Å². The van der Waals surface area contributed by atoms with Gasteiger partial charge in [0, 0.05) is 18.3 Å². The van der Waals surface area contributed by atoms with Crippen molar-refractivity contribution in [3.8, 4) is 0 Å². The summed E-state index contributed by atoms with van der Waals surface area (Å²) in [6.07, 6.45) is 12.4. The van der Waals surface area contributed by atoms with Crippen molar-refractivity contribution in [1.29, 1.82) is 0 Å². The van der Waals surface area contributed by atoms with Gasteiger partial charge in [0.05, 0.1) is 12.2 Å². The molecule has 3 unspecified atom stereocenters. The lowest BCUT2D eigenvalue weighted by molar-refractivity contribution is -0.119. The Labute approximate surface area is 144 Å². The fourth-order valence-electron chi connectivity index (χ4n) is 6.62. The summed E-state index contributed by atoms with van der Waals surface area (Å²) in [5.41, 5.74) is 2.25. The Balaban J connectivity index is 1.63. The number of aliphatic hydroxyl groups excluding tert-OH is 1. The highest BCUT2D eigenvalue weighted by Gasteiger charge is 2.60. The molecular weight excluding hydrogens is 300 g/mol. The molecule has 3 heteroatoms. The highest BCUT2D eigenvalue weighted by Crippen LogP contribution is 2.64. The summed E-state index contributed by atoms with van der Waals surface area (Å²) >= 11 is 0. The normalized spacial score (nSPS) is 45.3. The zero-order chi connectivity index (χ0) is 16.9. The Morgan fingerprint density at radius 1 is 1.17 bits per heavy atom. The number of ketones is 1. The van der Waals surface area contributed by atoms with E-state index < -0.39 is 5.60 Å². The van der Waals surface area contributed by atoms with Gasteiger partial charge in [0.2, 0.25) is 0 Å². The van der Waals surface area contributed by atoms with Crippen molar-refractivity contribution in [2.75, 3.05) is 6.61 Å². The Morgan fingerprint density at radius 2 is 2.00 bits per heavy atom. The Bertz CT molecular complexity index is 604. The van der Waals surface area contributed by atoms with E-state index in [1.165, 1.54) is 12.0 Å². The molecule has 0 aromatic carbocycles. The molecule has 0 radical (unpaired) electrons. The molecule has 2 saturated carbocycles. The minimum Gasteiger partial charge on any atom is -0.392 e. The van der Waals surface area contributed by atoms with Crippen LogP contribution in [0.5, 0.6) is 0 Å². The number of hydrogen-bond acceptors (Lipinski definition) is 3. The lowest BCUT2D eigenvalue weighted by atomic mass is 9.52. The monoisotopic (exact) mass is 330 g/mol. The highest BCUT2D eigenvalue weighted by molar-refractivity contribution is 5.82. The van der Waals surface area contributed by atoms with Crippen LogP contribution < -0.4 is 0 Å². The predicted octanol–water partition coefficient (Wildman–Crippen LogP) is 3.55. The van der Waals surface area contributed by atoms with Gasteiger partial charge in [-0.3, -0.25) is 4.79 Å². The Morgan fingerprint density at radius 3 is 2.79 bits per heavy atom. The zero-order valence-corrected chi connectivity index (χ0v) is 14.8. The number of Topliss-reactive ketones (excluding diaryl/α,β-unsaturated/α-hetero) is 1. The SMILES string of the molecule is C[C@]12CCC3C4=C(CCC3C1CC[C@@]2(O)C=CCO)CC(=O)CC4. The lowest BCUT2D eigenvalue weighted by Gasteiger charge is -2.53. The van der Waals surface area contributed by atoms with Crippen molar-refractivity contribution in [3.63, 3.8) is 0 Å². The van der Waals surface area contributed by atoms with Crippen LogP contribution in [0.3, 0.4) is 0 Å². The molecule has 5 atom stereocenters. The maximum absolute atomic E-state index is 11.8. The predicted molar refractivity (Wildman–Crippen MR) is 93.3 cm³/mol. The molecule has 0 amide bonds. The van der Waals surface area contributed by atoms with E-state index in [0.29, 0.717) is 30.0 Å². The average Bonchev–Trinajstić information content (AvgIpc) is 2.84. The van der Waals surface area contributed by atoms with E-state index in [4.69, 9.17) is 5.11 Å². The number of aliphatic hydroxyl groups is 2. The molecule has 0 bridgehead atoms. The maximum Gasteiger partial charge on any atom is 0.137 e. The van der Waals surface area contributed by atoms with Gasteiger partial charge in [-0.25, -0.2) is 0 Å². The van der Waals surface area contributed by atoms with Gasteiger partial charge < -0.3 is 10.2 Å². The van der Waals surface area contributed by atoms with Crippen LogP contribution in [0.2, 0.25) is 0 Å². The van der Waals surface area contributed by atoms with Crippen molar-refractivity contribution >= 4 is 5.78 Å². The van der Waals surface area contributed by atoms with E-state index >= 15 is 0 Å². The summed E-state index contributed by atoms with van der Waals surface area (Å²) in [5, 5.41) is 20.4. The van der Waals surface area contributed by atoms with E-state index in [0.717, 1.165) is 44.9 Å². The van der Waals surface area contributed by atoms with Crippen LogP contribution in [0.25, 0.3) is 0 Å². The molecule has 0 aromatic heterocycles. The molecule has 4 aliphatic carbocycles. The first-order chi connectivity index (χ1) is 11.5. The van der Waals surface area contributed by atoms with Crippen LogP contribution >= 0.6 is 0 Å². The Hall–Kier alpha value is -0.930. The van der Waals surface area contributed by atoms with Crippen molar-refractivity contribution in [2.45, 2.75) is 70.3 Å². The average molecular weight is 330 g/mol. The second-order valence-electron chi connectivity index (χ2n) is 8.76. The minimum atomic E-state index is -0.761. The quantitative estimate of drug-likeness (QED) is 0.761. The summed E-state index contributed by atoms with van der Waals surface area (Å²) < 4.78 is 0. The number of carbonyl (C=O) groups excluding carboxylic acids is 1. The number of carbonyl (C=O) groups is 1. The number of allylic oxidation sites excluding steroid dienone is 2. The van der Waals surface area contributed by atoms with E-state index in [9.17, 15) is 9.90 Å². The third-order valence-corrected chi connectivity index (χ3v) is 7.92. The minimum absolute atomic E-state index is 0.000610. The first kappa shape index (κ1) is 16.5. The third kappa shape index (κ3) is 2.28. The molecule has 4 rings (SSSR count). The van der Waals surface area contributed by atoms with Gasteiger partial charge in [0.15, 0.2) is 0 Å². The van der Waals surface area contributed by atoms with Crippen LogP contribution in [0.1, 0.15) is 64.7 Å². The summed E-state index contributed by atoms with van der Waals surface area (Å²) in [6.45, 7) is 2.27. The molecule has 0 aliphatic heterocycles. The van der Waals surface area contributed by atoms with Crippen molar-refractivity contribution < 1.29 is 15.0 Å². The van der Waals surface area contributed by atoms with Gasteiger partial charge >= 0.3 is 0 Å². The maximum atomic E-state index is 11.8. The summed E-state index contributed by atoms with van der Waals surface area (Å²) in [4.78, 5) is 11.8. The second-order valence-corrected chi connectivity index (χ2v) is 8.76. The third-order valence-electron chi connectivity index (χ3n) is 7.92. The second kappa shape index (κ2) is 5.81. The summed E-state index contributed by atoms with van der Waals surface area (Å²) in [5.74, 6) is 2.32. The molecule has 0 spiro atoms. The van der Waals surface area contributed by atoms with Crippen molar-refractivity contribution in [3.05, 3.63) is 23.3 Å². The van der Waals surface area contributed by atoms with Crippen molar-refractivity contribution in [2.24, 2.45) is 23.2 Å². The van der Waals surface area contributed by atoms with Crippen molar-refractivity contribution in [1.82, 2.24) is 0 Å². The fraction of sp³-hybridized carbons (Fsp3) is 0.762. The largest absolute Gasteiger partial charge is 0.392 e. The van der Waals surface area contributed by atoms with Crippen LogP contribution in [0.15, 0.2) is 23.3 Å². The first-order valence-electron chi connectivity index (χ1n) is 9.72. The molecular formula is C21H30O3. The zero-order valence-electron chi connectivity index (χ0n) is 14.8. The lowest BCUT2D eigenvalue weighted by Crippen LogP contribution is -2.50. The molecule has 0 saturated heterocycles. The number of rotatable bonds is 2. The van der Waals surface area contributed by atoms with Crippen LogP contribution in [-0.4, -0.2) is 28.2 Å². The summed E-state index contributed by atoms with van der Waals surface area (Å²) in [7, 11) is 0. The van der Waals surface area contributed by atoms with E-state index in [2.05, 4.69) is 6.92 Å². The van der Waals surface area contributed by atoms with Crippen LogP contribution in [0.4, 0.5) is 0 Å². The molecule has 2 fully saturated rings. The Kier molecular flexibility index (Phi) is 4.00. The fourth-order valence-corrected chi connectivity index (χ4v) is 6.62. The first-order valence-corrected chi connectivity index (χ1v) is 9.72. The number of fused-ring (bicyclic) bond motifs is 4. The topological polar surface area (TPSA) is 57.5 Å². The van der Waals surface area contributed by atoms with Gasteiger partial charge in [0.1, 0.15) is 5.78 Å². The molecule has 2 N–H and O–H groups in total. The van der Waals surface area contributed by atoms with Gasteiger partial charge in [0.25, 0.3) is 0 Å². The van der Waals surface area contributed by atoms with Gasteiger partial charge in [-0.15, -0.1) is 0 Å².